The van der Waals surface area contributed by atoms with Gasteiger partial charge in [0, 0.05) is 13.1 Å². The third kappa shape index (κ3) is 3.55. The molecule has 18 heavy (non-hydrogen) atoms. The first-order valence-corrected chi connectivity index (χ1v) is 6.46. The molecule has 0 aromatic heterocycles. The maximum Gasteiger partial charge on any atom is 0.249 e. The van der Waals surface area contributed by atoms with E-state index in [-0.39, 0.29) is 18.1 Å². The van der Waals surface area contributed by atoms with Crippen LogP contribution in [0.1, 0.15) is 18.4 Å². The Balaban J connectivity index is 1.69. The fourth-order valence-electron chi connectivity index (χ4n) is 2.16. The van der Waals surface area contributed by atoms with Gasteiger partial charge in [-0.3, -0.25) is 4.79 Å². The summed E-state index contributed by atoms with van der Waals surface area (Å²) in [4.78, 5) is 11.8. The van der Waals surface area contributed by atoms with E-state index in [1.54, 1.807) is 0 Å². The topological polar surface area (TPSA) is 64.4 Å². The first kappa shape index (κ1) is 13.1. The van der Waals surface area contributed by atoms with Crippen LogP contribution in [0.25, 0.3) is 0 Å². The predicted molar refractivity (Wildman–Crippen MR) is 70.1 cm³/mol. The standard InChI is InChI=1S/C14H20N2O2/c15-10-12-6-7-13(18-12)14(17)16-9-8-11-4-2-1-3-5-11/h1-5,12-13H,6-10,15H2,(H,16,17). The van der Waals surface area contributed by atoms with E-state index in [0.29, 0.717) is 13.1 Å². The van der Waals surface area contributed by atoms with Crippen LogP contribution in [0.4, 0.5) is 0 Å². The summed E-state index contributed by atoms with van der Waals surface area (Å²) < 4.78 is 5.54. The van der Waals surface area contributed by atoms with Crippen molar-refractivity contribution in [2.24, 2.45) is 5.73 Å². The van der Waals surface area contributed by atoms with Gasteiger partial charge < -0.3 is 15.8 Å². The number of ether oxygens (including phenoxy) is 1. The van der Waals surface area contributed by atoms with Crippen molar-refractivity contribution in [3.8, 4) is 0 Å². The van der Waals surface area contributed by atoms with Crippen molar-refractivity contribution in [3.05, 3.63) is 35.9 Å². The fourth-order valence-corrected chi connectivity index (χ4v) is 2.16. The Morgan fingerprint density at radius 2 is 2.11 bits per heavy atom. The van der Waals surface area contributed by atoms with Crippen LogP contribution in [0.3, 0.4) is 0 Å². The normalized spacial score (nSPS) is 22.9. The lowest BCUT2D eigenvalue weighted by atomic mass is 10.1. The van der Waals surface area contributed by atoms with E-state index in [1.807, 2.05) is 18.2 Å². The Hall–Kier alpha value is -1.39. The minimum absolute atomic E-state index is 0.0121. The van der Waals surface area contributed by atoms with Crippen molar-refractivity contribution in [3.63, 3.8) is 0 Å². The molecule has 1 amide bonds. The predicted octanol–water partition coefficient (Wildman–Crippen LogP) is 0.852. The van der Waals surface area contributed by atoms with Crippen LogP contribution in [-0.4, -0.2) is 31.2 Å². The third-order valence-corrected chi connectivity index (χ3v) is 3.22. The monoisotopic (exact) mass is 248 g/mol. The highest BCUT2D eigenvalue weighted by Gasteiger charge is 2.29. The summed E-state index contributed by atoms with van der Waals surface area (Å²) in [7, 11) is 0. The number of nitrogens with two attached hydrogens (primary N) is 1. The van der Waals surface area contributed by atoms with Crippen molar-refractivity contribution < 1.29 is 9.53 Å². The van der Waals surface area contributed by atoms with E-state index >= 15 is 0 Å². The molecule has 4 nitrogen and oxygen atoms in total. The zero-order valence-electron chi connectivity index (χ0n) is 10.5. The lowest BCUT2D eigenvalue weighted by Crippen LogP contribution is -2.36. The van der Waals surface area contributed by atoms with Gasteiger partial charge in [0.25, 0.3) is 0 Å². The highest BCUT2D eigenvalue weighted by Crippen LogP contribution is 2.18. The zero-order valence-corrected chi connectivity index (χ0v) is 10.5. The van der Waals surface area contributed by atoms with Gasteiger partial charge in [-0.05, 0) is 24.8 Å². The number of carbonyl (C=O) groups excluding carboxylic acids is 1. The van der Waals surface area contributed by atoms with Crippen LogP contribution >= 0.6 is 0 Å². The number of carbonyl (C=O) groups is 1. The molecule has 1 heterocycles. The molecule has 1 aliphatic rings. The summed E-state index contributed by atoms with van der Waals surface area (Å²) in [5.74, 6) is -0.0121. The van der Waals surface area contributed by atoms with Gasteiger partial charge in [-0.15, -0.1) is 0 Å². The third-order valence-electron chi connectivity index (χ3n) is 3.22. The molecule has 0 bridgehead atoms. The molecule has 4 heteroatoms. The lowest BCUT2D eigenvalue weighted by Gasteiger charge is -2.12. The number of hydrogen-bond donors (Lipinski definition) is 2. The minimum Gasteiger partial charge on any atom is -0.364 e. The summed E-state index contributed by atoms with van der Waals surface area (Å²) in [6, 6.07) is 10.1. The molecular formula is C14H20N2O2. The van der Waals surface area contributed by atoms with Crippen LogP contribution < -0.4 is 11.1 Å². The molecule has 98 valence electrons. The van der Waals surface area contributed by atoms with Crippen molar-refractivity contribution >= 4 is 5.91 Å². The van der Waals surface area contributed by atoms with Gasteiger partial charge >= 0.3 is 0 Å². The number of nitrogens with one attached hydrogen (secondary N) is 1. The minimum atomic E-state index is -0.311. The van der Waals surface area contributed by atoms with E-state index in [2.05, 4.69) is 17.4 Å². The van der Waals surface area contributed by atoms with Gasteiger partial charge in [0.2, 0.25) is 5.91 Å². The average molecular weight is 248 g/mol. The molecule has 1 aromatic rings. The summed E-state index contributed by atoms with van der Waals surface area (Å²) in [6.07, 6.45) is 2.25. The van der Waals surface area contributed by atoms with Gasteiger partial charge in [0.1, 0.15) is 6.10 Å². The van der Waals surface area contributed by atoms with E-state index in [4.69, 9.17) is 10.5 Å². The van der Waals surface area contributed by atoms with E-state index < -0.39 is 0 Å². The number of rotatable bonds is 5. The summed E-state index contributed by atoms with van der Waals surface area (Å²) in [6.45, 7) is 1.14. The van der Waals surface area contributed by atoms with Gasteiger partial charge in [-0.1, -0.05) is 30.3 Å². The molecule has 1 fully saturated rings. The molecule has 1 aliphatic heterocycles. The highest BCUT2D eigenvalue weighted by atomic mass is 16.5. The van der Waals surface area contributed by atoms with Gasteiger partial charge in [-0.2, -0.15) is 0 Å². The van der Waals surface area contributed by atoms with Crippen LogP contribution in [0.2, 0.25) is 0 Å². The number of benzene rings is 1. The first-order chi connectivity index (χ1) is 8.79. The molecule has 2 unspecified atom stereocenters. The zero-order chi connectivity index (χ0) is 12.8. The summed E-state index contributed by atoms with van der Waals surface area (Å²) in [5.41, 5.74) is 6.74. The molecular weight excluding hydrogens is 228 g/mol. The van der Waals surface area contributed by atoms with Crippen molar-refractivity contribution in [1.29, 1.82) is 0 Å². The smallest absolute Gasteiger partial charge is 0.249 e. The number of hydrogen-bond acceptors (Lipinski definition) is 3. The molecule has 0 spiro atoms. The Bertz CT molecular complexity index is 381. The summed E-state index contributed by atoms with van der Waals surface area (Å²) >= 11 is 0. The van der Waals surface area contributed by atoms with Crippen molar-refractivity contribution in [2.45, 2.75) is 31.5 Å². The Labute approximate surface area is 108 Å². The van der Waals surface area contributed by atoms with Crippen LogP contribution in [0.15, 0.2) is 30.3 Å². The Kier molecular flexibility index (Phi) is 4.73. The highest BCUT2D eigenvalue weighted by molar-refractivity contribution is 5.81. The lowest BCUT2D eigenvalue weighted by molar-refractivity contribution is -0.131. The van der Waals surface area contributed by atoms with Crippen molar-refractivity contribution in [1.82, 2.24) is 5.32 Å². The molecule has 0 saturated carbocycles. The molecule has 3 N–H and O–H groups in total. The Morgan fingerprint density at radius 3 is 2.78 bits per heavy atom. The maximum absolute atomic E-state index is 11.8. The SMILES string of the molecule is NCC1CCC(C(=O)NCCc2ccccc2)O1. The van der Waals surface area contributed by atoms with E-state index in [0.717, 1.165) is 19.3 Å². The number of amides is 1. The second-order valence-corrected chi connectivity index (χ2v) is 4.59. The van der Waals surface area contributed by atoms with Gasteiger partial charge in [-0.25, -0.2) is 0 Å². The van der Waals surface area contributed by atoms with E-state index in [1.165, 1.54) is 5.56 Å². The second-order valence-electron chi connectivity index (χ2n) is 4.59. The van der Waals surface area contributed by atoms with Crippen LogP contribution in [0.5, 0.6) is 0 Å². The molecule has 0 aliphatic carbocycles. The average Bonchev–Trinajstić information content (AvgIpc) is 2.89. The summed E-state index contributed by atoms with van der Waals surface area (Å²) in [5, 5.41) is 2.91. The maximum atomic E-state index is 11.8. The molecule has 0 radical (unpaired) electrons. The molecule has 1 aromatic carbocycles. The van der Waals surface area contributed by atoms with E-state index in [9.17, 15) is 4.79 Å². The quantitative estimate of drug-likeness (QED) is 0.812. The van der Waals surface area contributed by atoms with Gasteiger partial charge in [0.05, 0.1) is 6.10 Å². The molecule has 2 rings (SSSR count). The van der Waals surface area contributed by atoms with Crippen molar-refractivity contribution in [2.75, 3.05) is 13.1 Å². The molecule has 1 saturated heterocycles. The second kappa shape index (κ2) is 6.52. The fraction of sp³-hybridized carbons (Fsp3) is 0.500. The first-order valence-electron chi connectivity index (χ1n) is 6.46. The Morgan fingerprint density at radius 1 is 1.33 bits per heavy atom. The molecule has 2 atom stereocenters. The van der Waals surface area contributed by atoms with Gasteiger partial charge in [0.15, 0.2) is 0 Å². The van der Waals surface area contributed by atoms with Crippen LogP contribution in [-0.2, 0) is 16.0 Å². The largest absolute Gasteiger partial charge is 0.364 e. The van der Waals surface area contributed by atoms with Crippen LogP contribution in [0, 0.1) is 0 Å².